The Bertz CT molecular complexity index is 712. The summed E-state index contributed by atoms with van der Waals surface area (Å²) >= 11 is 0. The number of aryl methyl sites for hydroxylation is 1. The summed E-state index contributed by atoms with van der Waals surface area (Å²) in [4.78, 5) is 31.3. The molecule has 1 fully saturated rings. The molecule has 0 spiro atoms. The number of H-pyrrole nitrogens is 1. The molecule has 3 rings (SSSR count). The molecule has 0 unspecified atom stereocenters. The van der Waals surface area contributed by atoms with Gasteiger partial charge in [0.1, 0.15) is 0 Å². The van der Waals surface area contributed by atoms with Crippen molar-refractivity contribution in [3.05, 3.63) is 35.5 Å². The average Bonchev–Trinajstić information content (AvgIpc) is 2.83. The lowest BCUT2D eigenvalue weighted by Crippen LogP contribution is -2.49. The molecule has 2 heterocycles. The van der Waals surface area contributed by atoms with Gasteiger partial charge in [-0.05, 0) is 13.0 Å². The first kappa shape index (κ1) is 14.8. The van der Waals surface area contributed by atoms with Gasteiger partial charge in [-0.25, -0.2) is 0 Å². The van der Waals surface area contributed by atoms with E-state index in [1.807, 2.05) is 36.1 Å². The molecule has 1 saturated heterocycles. The number of fused-ring (bicyclic) bond motifs is 1. The highest BCUT2D eigenvalue weighted by atomic mass is 16.2. The fourth-order valence-electron chi connectivity index (χ4n) is 3.14. The Labute approximate surface area is 129 Å². The van der Waals surface area contributed by atoms with Crippen LogP contribution in [0, 0.1) is 6.92 Å². The van der Waals surface area contributed by atoms with Gasteiger partial charge >= 0.3 is 0 Å². The molecule has 0 aliphatic carbocycles. The van der Waals surface area contributed by atoms with Gasteiger partial charge in [0.15, 0.2) is 5.78 Å². The van der Waals surface area contributed by atoms with Gasteiger partial charge in [-0.2, -0.15) is 0 Å². The molecular formula is C17H21N3O2. The Kier molecular flexibility index (Phi) is 3.98. The molecule has 5 nitrogen and oxygen atoms in total. The van der Waals surface area contributed by atoms with E-state index in [9.17, 15) is 9.59 Å². The van der Waals surface area contributed by atoms with E-state index in [0.717, 1.165) is 35.2 Å². The normalized spacial score (nSPS) is 16.2. The molecule has 1 aromatic carbocycles. The van der Waals surface area contributed by atoms with Gasteiger partial charge < -0.3 is 9.88 Å². The number of rotatable bonds is 3. The molecule has 0 radical (unpaired) electrons. The minimum atomic E-state index is 0.110. The summed E-state index contributed by atoms with van der Waals surface area (Å²) in [6, 6.07) is 7.90. The zero-order chi connectivity index (χ0) is 15.7. The van der Waals surface area contributed by atoms with E-state index in [-0.39, 0.29) is 11.7 Å². The lowest BCUT2D eigenvalue weighted by molar-refractivity contribution is -0.130. The fourth-order valence-corrected chi connectivity index (χ4v) is 3.14. The third kappa shape index (κ3) is 2.76. The Morgan fingerprint density at radius 1 is 1.14 bits per heavy atom. The highest BCUT2D eigenvalue weighted by Crippen LogP contribution is 2.22. The van der Waals surface area contributed by atoms with Crippen LogP contribution in [0.1, 0.15) is 23.0 Å². The largest absolute Gasteiger partial charge is 0.358 e. The number of aromatic nitrogens is 1. The van der Waals surface area contributed by atoms with E-state index in [1.54, 1.807) is 6.92 Å². The molecule has 1 aliphatic rings. The number of hydrogen-bond acceptors (Lipinski definition) is 3. The molecular weight excluding hydrogens is 278 g/mol. The second-order valence-electron chi connectivity index (χ2n) is 5.88. The van der Waals surface area contributed by atoms with Gasteiger partial charge in [-0.15, -0.1) is 0 Å². The highest BCUT2D eigenvalue weighted by Gasteiger charge is 2.23. The Morgan fingerprint density at radius 2 is 1.82 bits per heavy atom. The van der Waals surface area contributed by atoms with E-state index < -0.39 is 0 Å². The van der Waals surface area contributed by atoms with E-state index in [0.29, 0.717) is 19.6 Å². The number of benzene rings is 1. The number of carbonyl (C=O) groups excluding carboxylic acids is 2. The van der Waals surface area contributed by atoms with Crippen LogP contribution < -0.4 is 0 Å². The second-order valence-corrected chi connectivity index (χ2v) is 5.88. The van der Waals surface area contributed by atoms with E-state index in [4.69, 9.17) is 0 Å². The maximum atomic E-state index is 12.7. The number of hydrogen-bond donors (Lipinski definition) is 1. The number of para-hydroxylation sites is 1. The SMILES string of the molecule is CC(=O)N1CCN(CC(=O)c2c(C)[nH]c3ccccc23)CC1. The van der Waals surface area contributed by atoms with Gasteiger partial charge in [0.05, 0.1) is 6.54 Å². The lowest BCUT2D eigenvalue weighted by atomic mass is 10.1. The van der Waals surface area contributed by atoms with Crippen LogP contribution >= 0.6 is 0 Å². The van der Waals surface area contributed by atoms with Crippen molar-refractivity contribution in [3.63, 3.8) is 0 Å². The maximum absolute atomic E-state index is 12.7. The Morgan fingerprint density at radius 3 is 2.50 bits per heavy atom. The van der Waals surface area contributed by atoms with Crippen molar-refractivity contribution in [1.82, 2.24) is 14.8 Å². The summed E-state index contributed by atoms with van der Waals surface area (Å²) in [5.74, 6) is 0.254. The maximum Gasteiger partial charge on any atom is 0.219 e. The first-order valence-corrected chi connectivity index (χ1v) is 7.64. The molecule has 1 aliphatic heterocycles. The zero-order valence-electron chi connectivity index (χ0n) is 13.1. The number of carbonyl (C=O) groups is 2. The summed E-state index contributed by atoms with van der Waals surface area (Å²) in [7, 11) is 0. The van der Waals surface area contributed by atoms with Crippen LogP contribution in [0.3, 0.4) is 0 Å². The highest BCUT2D eigenvalue weighted by molar-refractivity contribution is 6.10. The van der Waals surface area contributed by atoms with E-state index in [1.165, 1.54) is 0 Å². The van der Waals surface area contributed by atoms with Gasteiger partial charge in [0.25, 0.3) is 0 Å². The third-order valence-electron chi connectivity index (χ3n) is 4.36. The van der Waals surface area contributed by atoms with E-state index >= 15 is 0 Å². The predicted octanol–water partition coefficient (Wildman–Crippen LogP) is 1.82. The molecule has 1 N–H and O–H groups in total. The minimum absolute atomic E-state index is 0.110. The van der Waals surface area contributed by atoms with Crippen LogP contribution in [-0.4, -0.2) is 59.2 Å². The smallest absolute Gasteiger partial charge is 0.219 e. The van der Waals surface area contributed by atoms with Crippen molar-refractivity contribution in [2.24, 2.45) is 0 Å². The molecule has 2 aromatic rings. The van der Waals surface area contributed by atoms with Crippen LogP contribution in [0.15, 0.2) is 24.3 Å². The van der Waals surface area contributed by atoms with Gasteiger partial charge in [-0.1, -0.05) is 18.2 Å². The van der Waals surface area contributed by atoms with Crippen molar-refractivity contribution in [2.45, 2.75) is 13.8 Å². The Balaban J connectivity index is 1.72. The monoisotopic (exact) mass is 299 g/mol. The summed E-state index contributed by atoms with van der Waals surface area (Å²) in [6.45, 7) is 6.87. The first-order valence-electron chi connectivity index (χ1n) is 7.64. The fraction of sp³-hybridized carbons (Fsp3) is 0.412. The van der Waals surface area contributed by atoms with Crippen molar-refractivity contribution < 1.29 is 9.59 Å². The molecule has 116 valence electrons. The molecule has 1 amide bonds. The number of amides is 1. The van der Waals surface area contributed by atoms with Crippen molar-refractivity contribution in [3.8, 4) is 0 Å². The van der Waals surface area contributed by atoms with Crippen LogP contribution in [-0.2, 0) is 4.79 Å². The number of nitrogens with one attached hydrogen (secondary N) is 1. The van der Waals surface area contributed by atoms with Crippen molar-refractivity contribution in [1.29, 1.82) is 0 Å². The predicted molar refractivity (Wildman–Crippen MR) is 86.1 cm³/mol. The first-order chi connectivity index (χ1) is 10.6. The van der Waals surface area contributed by atoms with Gasteiger partial charge in [0, 0.05) is 55.3 Å². The topological polar surface area (TPSA) is 56.4 Å². The molecule has 5 heteroatoms. The quantitative estimate of drug-likeness (QED) is 0.880. The van der Waals surface area contributed by atoms with E-state index in [2.05, 4.69) is 9.88 Å². The average molecular weight is 299 g/mol. The number of piperazine rings is 1. The van der Waals surface area contributed by atoms with Crippen LogP contribution in [0.5, 0.6) is 0 Å². The third-order valence-corrected chi connectivity index (χ3v) is 4.36. The van der Waals surface area contributed by atoms with Crippen molar-refractivity contribution >= 4 is 22.6 Å². The van der Waals surface area contributed by atoms with Crippen LogP contribution in [0.4, 0.5) is 0 Å². The molecule has 0 bridgehead atoms. The molecule has 0 atom stereocenters. The summed E-state index contributed by atoms with van der Waals surface area (Å²) < 4.78 is 0. The minimum Gasteiger partial charge on any atom is -0.358 e. The van der Waals surface area contributed by atoms with Crippen molar-refractivity contribution in [2.75, 3.05) is 32.7 Å². The molecule has 22 heavy (non-hydrogen) atoms. The summed E-state index contributed by atoms with van der Waals surface area (Å²) in [5.41, 5.74) is 2.72. The number of nitrogens with zero attached hydrogens (tertiary/aromatic N) is 2. The van der Waals surface area contributed by atoms with Gasteiger partial charge in [-0.3, -0.25) is 14.5 Å². The summed E-state index contributed by atoms with van der Waals surface area (Å²) in [6.07, 6.45) is 0. The standard InChI is InChI=1S/C17H21N3O2/c1-12-17(14-5-3-4-6-15(14)18-12)16(22)11-19-7-9-20(10-8-19)13(2)21/h3-6,18H,7-11H2,1-2H3. The molecule has 1 aromatic heterocycles. The van der Waals surface area contributed by atoms with Gasteiger partial charge in [0.2, 0.25) is 5.91 Å². The number of aromatic amines is 1. The lowest BCUT2D eigenvalue weighted by Gasteiger charge is -2.33. The number of Topliss-reactive ketones (excluding diaryl/α,β-unsaturated/α-hetero) is 1. The Hall–Kier alpha value is -2.14. The zero-order valence-corrected chi connectivity index (χ0v) is 13.1. The van der Waals surface area contributed by atoms with Crippen LogP contribution in [0.25, 0.3) is 10.9 Å². The van der Waals surface area contributed by atoms with Crippen LogP contribution in [0.2, 0.25) is 0 Å². The summed E-state index contributed by atoms with van der Waals surface area (Å²) in [5, 5.41) is 0.993. The second kappa shape index (κ2) is 5.93. The molecule has 0 saturated carbocycles. The number of ketones is 1.